The summed E-state index contributed by atoms with van der Waals surface area (Å²) in [6.07, 6.45) is 1.08. The second-order valence-electron chi connectivity index (χ2n) is 4.00. The summed E-state index contributed by atoms with van der Waals surface area (Å²) in [5.41, 5.74) is 0.360. The van der Waals surface area contributed by atoms with Crippen molar-refractivity contribution in [1.29, 1.82) is 0 Å². The first-order chi connectivity index (χ1) is 8.81. The first kappa shape index (κ1) is 15.5. The molecule has 0 saturated heterocycles. The van der Waals surface area contributed by atoms with Crippen LogP contribution in [0.3, 0.4) is 0 Å². The van der Waals surface area contributed by atoms with Gasteiger partial charge >= 0.3 is 0 Å². The highest BCUT2D eigenvalue weighted by molar-refractivity contribution is 7.91. The number of ether oxygens (including phenoxy) is 2. The van der Waals surface area contributed by atoms with Crippen molar-refractivity contribution >= 4 is 15.6 Å². The third-order valence-electron chi connectivity index (χ3n) is 2.40. The Morgan fingerprint density at radius 1 is 1.11 bits per heavy atom. The number of benzene rings is 1. The number of carbonyl (C=O) groups is 1. The Morgan fingerprint density at radius 2 is 1.53 bits per heavy atom. The fourth-order valence-corrected chi connectivity index (χ4v) is 2.64. The lowest BCUT2D eigenvalue weighted by Crippen LogP contribution is -2.08. The van der Waals surface area contributed by atoms with E-state index in [0.717, 1.165) is 6.26 Å². The fraction of sp³-hybridized carbons (Fsp3) is 0.462. The van der Waals surface area contributed by atoms with Crippen LogP contribution in [0.25, 0.3) is 0 Å². The zero-order valence-corrected chi connectivity index (χ0v) is 12.3. The summed E-state index contributed by atoms with van der Waals surface area (Å²) >= 11 is 0. The molecule has 0 aliphatic carbocycles. The molecule has 1 rings (SSSR count). The Hall–Kier alpha value is -1.56. The van der Waals surface area contributed by atoms with Gasteiger partial charge < -0.3 is 9.47 Å². The van der Waals surface area contributed by atoms with Crippen molar-refractivity contribution < 1.29 is 22.7 Å². The Labute approximate surface area is 113 Å². The van der Waals surface area contributed by atoms with Crippen LogP contribution in [0, 0.1) is 0 Å². The molecule has 106 valence electrons. The molecule has 19 heavy (non-hydrogen) atoms. The van der Waals surface area contributed by atoms with Gasteiger partial charge in [0.25, 0.3) is 0 Å². The molecule has 0 fully saturated rings. The van der Waals surface area contributed by atoms with Crippen molar-refractivity contribution in [3.63, 3.8) is 0 Å². The molecule has 1 aromatic rings. The first-order valence-corrected chi connectivity index (χ1v) is 7.85. The zero-order valence-electron chi connectivity index (χ0n) is 11.5. The maximum absolute atomic E-state index is 11.9. The van der Waals surface area contributed by atoms with Gasteiger partial charge in [-0.1, -0.05) is 0 Å². The van der Waals surface area contributed by atoms with Crippen LogP contribution in [-0.2, 0) is 9.84 Å². The summed E-state index contributed by atoms with van der Waals surface area (Å²) in [5, 5.41) is 0. The monoisotopic (exact) mass is 286 g/mol. The SMILES string of the molecule is CCOc1cc(C(C)=O)cc(OCC)c1S(C)(=O)=O. The van der Waals surface area contributed by atoms with Gasteiger partial charge in [-0.25, -0.2) is 8.42 Å². The predicted octanol–water partition coefficient (Wildman–Crippen LogP) is 2.09. The second-order valence-corrected chi connectivity index (χ2v) is 5.95. The van der Waals surface area contributed by atoms with Crippen LogP contribution in [0.2, 0.25) is 0 Å². The van der Waals surface area contributed by atoms with Crippen LogP contribution >= 0.6 is 0 Å². The summed E-state index contributed by atoms with van der Waals surface area (Å²) in [7, 11) is -3.51. The van der Waals surface area contributed by atoms with Crippen molar-refractivity contribution in [2.75, 3.05) is 19.5 Å². The van der Waals surface area contributed by atoms with Crippen molar-refractivity contribution in [2.45, 2.75) is 25.7 Å². The normalized spacial score (nSPS) is 11.2. The third kappa shape index (κ3) is 3.70. The molecular weight excluding hydrogens is 268 g/mol. The van der Waals surface area contributed by atoms with Gasteiger partial charge in [0, 0.05) is 11.8 Å². The summed E-state index contributed by atoms with van der Waals surface area (Å²) in [6.45, 7) is 5.49. The average Bonchev–Trinajstić information content (AvgIpc) is 2.27. The van der Waals surface area contributed by atoms with Gasteiger partial charge in [0.1, 0.15) is 11.5 Å². The first-order valence-electron chi connectivity index (χ1n) is 5.95. The summed E-state index contributed by atoms with van der Waals surface area (Å²) in [6, 6.07) is 2.87. The summed E-state index contributed by atoms with van der Waals surface area (Å²) in [5.74, 6) is 0.129. The van der Waals surface area contributed by atoms with Gasteiger partial charge in [0.2, 0.25) is 0 Å². The lowest BCUT2D eigenvalue weighted by atomic mass is 10.1. The molecule has 1 aromatic carbocycles. The molecule has 0 aliphatic heterocycles. The lowest BCUT2D eigenvalue weighted by molar-refractivity contribution is 0.101. The Bertz CT molecular complexity index is 548. The number of sulfone groups is 1. The van der Waals surface area contributed by atoms with Gasteiger partial charge in [0.15, 0.2) is 20.5 Å². The maximum Gasteiger partial charge on any atom is 0.182 e. The Kier molecular flexibility index (Phi) is 4.94. The van der Waals surface area contributed by atoms with Crippen LogP contribution in [-0.4, -0.2) is 33.7 Å². The van der Waals surface area contributed by atoms with Crippen LogP contribution in [0.1, 0.15) is 31.1 Å². The average molecular weight is 286 g/mol. The van der Waals surface area contributed by atoms with Crippen LogP contribution in [0.4, 0.5) is 0 Å². The Morgan fingerprint density at radius 3 is 1.79 bits per heavy atom. The molecule has 0 heterocycles. The molecular formula is C13H18O5S. The van der Waals surface area contributed by atoms with E-state index in [-0.39, 0.29) is 22.2 Å². The molecule has 0 amide bonds. The van der Waals surface area contributed by atoms with Gasteiger partial charge in [-0.2, -0.15) is 0 Å². The number of Topliss-reactive ketones (excluding diaryl/α,β-unsaturated/α-hetero) is 1. The molecule has 0 aromatic heterocycles. The van der Waals surface area contributed by atoms with Crippen molar-refractivity contribution in [2.24, 2.45) is 0 Å². The molecule has 0 N–H and O–H groups in total. The Balaban J connectivity index is 3.60. The van der Waals surface area contributed by atoms with E-state index in [0.29, 0.717) is 18.8 Å². The predicted molar refractivity (Wildman–Crippen MR) is 71.9 cm³/mol. The molecule has 0 saturated carbocycles. The number of hydrogen-bond acceptors (Lipinski definition) is 5. The van der Waals surface area contributed by atoms with Crippen molar-refractivity contribution in [3.8, 4) is 11.5 Å². The molecule has 0 radical (unpaired) electrons. The smallest absolute Gasteiger partial charge is 0.182 e. The number of rotatable bonds is 6. The van der Waals surface area contributed by atoms with Gasteiger partial charge in [-0.3, -0.25) is 4.79 Å². The van der Waals surface area contributed by atoms with E-state index in [4.69, 9.17) is 9.47 Å². The van der Waals surface area contributed by atoms with Gasteiger partial charge in [-0.05, 0) is 32.9 Å². The topological polar surface area (TPSA) is 69.7 Å². The minimum Gasteiger partial charge on any atom is -0.492 e. The largest absolute Gasteiger partial charge is 0.492 e. The molecule has 0 bridgehead atoms. The van der Waals surface area contributed by atoms with E-state index >= 15 is 0 Å². The summed E-state index contributed by atoms with van der Waals surface area (Å²) in [4.78, 5) is 11.4. The third-order valence-corrected chi connectivity index (χ3v) is 3.54. The van der Waals surface area contributed by atoms with Crippen LogP contribution in [0.5, 0.6) is 11.5 Å². The number of ketones is 1. The minimum atomic E-state index is -3.51. The van der Waals surface area contributed by atoms with Gasteiger partial charge in [0.05, 0.1) is 13.2 Å². The van der Waals surface area contributed by atoms with E-state index in [1.807, 2.05) is 0 Å². The molecule has 0 aliphatic rings. The number of hydrogen-bond donors (Lipinski definition) is 0. The second kappa shape index (κ2) is 6.06. The zero-order chi connectivity index (χ0) is 14.6. The quantitative estimate of drug-likeness (QED) is 0.749. The molecule has 6 heteroatoms. The highest BCUT2D eigenvalue weighted by atomic mass is 32.2. The molecule has 0 atom stereocenters. The van der Waals surface area contributed by atoms with E-state index < -0.39 is 9.84 Å². The van der Waals surface area contributed by atoms with Crippen molar-refractivity contribution in [3.05, 3.63) is 17.7 Å². The lowest BCUT2D eigenvalue weighted by Gasteiger charge is -2.15. The fourth-order valence-electron chi connectivity index (χ4n) is 1.67. The molecule has 0 spiro atoms. The van der Waals surface area contributed by atoms with Crippen LogP contribution in [0.15, 0.2) is 17.0 Å². The number of carbonyl (C=O) groups excluding carboxylic acids is 1. The minimum absolute atomic E-state index is 0.0128. The highest BCUT2D eigenvalue weighted by Gasteiger charge is 2.23. The highest BCUT2D eigenvalue weighted by Crippen LogP contribution is 2.35. The van der Waals surface area contributed by atoms with E-state index in [2.05, 4.69) is 0 Å². The van der Waals surface area contributed by atoms with Gasteiger partial charge in [-0.15, -0.1) is 0 Å². The van der Waals surface area contributed by atoms with Crippen molar-refractivity contribution in [1.82, 2.24) is 0 Å². The molecule has 0 unspecified atom stereocenters. The van der Waals surface area contributed by atoms with E-state index in [1.54, 1.807) is 13.8 Å². The van der Waals surface area contributed by atoms with Crippen LogP contribution < -0.4 is 9.47 Å². The summed E-state index contributed by atoms with van der Waals surface area (Å²) < 4.78 is 34.4. The molecule has 5 nitrogen and oxygen atoms in total. The van der Waals surface area contributed by atoms with E-state index in [1.165, 1.54) is 19.1 Å². The van der Waals surface area contributed by atoms with E-state index in [9.17, 15) is 13.2 Å². The maximum atomic E-state index is 11.9. The standard InChI is InChI=1S/C13H18O5S/c1-5-17-11-7-10(9(3)14)8-12(18-6-2)13(11)19(4,15)16/h7-8H,5-6H2,1-4H3.